The predicted octanol–water partition coefficient (Wildman–Crippen LogP) is 5.91. The summed E-state index contributed by atoms with van der Waals surface area (Å²) in [6.07, 6.45) is 4.16. The summed E-state index contributed by atoms with van der Waals surface area (Å²) >= 11 is 7.33. The average Bonchev–Trinajstić information content (AvgIpc) is 3.05. The monoisotopic (exact) mass is 366 g/mol. The molecule has 2 nitrogen and oxygen atoms in total. The lowest BCUT2D eigenvalue weighted by Gasteiger charge is -2.05. The van der Waals surface area contributed by atoms with Gasteiger partial charge in [-0.2, -0.15) is 0 Å². The summed E-state index contributed by atoms with van der Waals surface area (Å²) in [5, 5.41) is 0. The molecule has 0 N–H and O–H groups in total. The van der Waals surface area contributed by atoms with E-state index in [1.807, 2.05) is 12.1 Å². The number of ether oxygens (including phenoxy) is 1. The zero-order chi connectivity index (χ0) is 17.4. The largest absolute Gasteiger partial charge is 0.463 e. The van der Waals surface area contributed by atoms with E-state index in [9.17, 15) is 9.18 Å². The summed E-state index contributed by atoms with van der Waals surface area (Å²) in [6.45, 7) is 2.15. The molecule has 2 rings (SSSR count). The van der Waals surface area contributed by atoms with Crippen molar-refractivity contribution >= 4 is 34.5 Å². The molecule has 0 aliphatic rings. The second-order valence-electron chi connectivity index (χ2n) is 5.24. The first-order chi connectivity index (χ1) is 11.6. The Balaban J connectivity index is 2.22. The van der Waals surface area contributed by atoms with Crippen LogP contribution < -0.4 is 0 Å². The van der Waals surface area contributed by atoms with Gasteiger partial charge in [-0.05, 0) is 61.6 Å². The number of carbonyl (C=O) groups excluding carboxylic acids is 1. The highest BCUT2D eigenvalue weighted by molar-refractivity contribution is 7.16. The molecule has 0 aliphatic heterocycles. The van der Waals surface area contributed by atoms with Gasteiger partial charge in [-0.15, -0.1) is 22.9 Å². The Kier molecular flexibility index (Phi) is 7.47. The van der Waals surface area contributed by atoms with Crippen LogP contribution in [0.25, 0.3) is 16.0 Å². The van der Waals surface area contributed by atoms with Crippen LogP contribution >= 0.6 is 22.9 Å². The molecule has 0 saturated carbocycles. The lowest BCUT2D eigenvalue weighted by Crippen LogP contribution is -2.00. The molecule has 0 unspecified atom stereocenters. The van der Waals surface area contributed by atoms with E-state index in [1.54, 1.807) is 36.5 Å². The molecule has 0 atom stereocenters. The van der Waals surface area contributed by atoms with E-state index in [-0.39, 0.29) is 11.8 Å². The molecule has 0 saturated heterocycles. The van der Waals surface area contributed by atoms with Gasteiger partial charge in [-0.1, -0.05) is 12.1 Å². The number of unbranched alkanes of at least 4 members (excludes halogenated alkanes) is 1. The quantitative estimate of drug-likeness (QED) is 0.251. The predicted molar refractivity (Wildman–Crippen MR) is 98.9 cm³/mol. The molecule has 0 bridgehead atoms. The number of hydrogen-bond acceptors (Lipinski definition) is 3. The van der Waals surface area contributed by atoms with Crippen LogP contribution in [0.2, 0.25) is 0 Å². The van der Waals surface area contributed by atoms with Gasteiger partial charge in [0.2, 0.25) is 0 Å². The van der Waals surface area contributed by atoms with Gasteiger partial charge >= 0.3 is 5.97 Å². The molecular formula is C19H20ClFO2S. The number of esters is 1. The summed E-state index contributed by atoms with van der Waals surface area (Å²) in [5.74, 6) is 0.0346. The topological polar surface area (TPSA) is 26.3 Å². The van der Waals surface area contributed by atoms with Crippen molar-refractivity contribution < 1.29 is 13.9 Å². The second-order valence-corrected chi connectivity index (χ2v) is 6.70. The van der Waals surface area contributed by atoms with Gasteiger partial charge in [-0.3, -0.25) is 0 Å². The fraction of sp³-hybridized carbons (Fsp3) is 0.316. The highest BCUT2D eigenvalue weighted by Crippen LogP contribution is 2.34. The fourth-order valence-electron chi connectivity index (χ4n) is 2.28. The lowest BCUT2D eigenvalue weighted by molar-refractivity contribution is -0.137. The smallest absolute Gasteiger partial charge is 0.331 e. The number of benzene rings is 1. The van der Waals surface area contributed by atoms with Gasteiger partial charge < -0.3 is 4.74 Å². The Bertz CT molecular complexity index is 692. The Morgan fingerprint density at radius 2 is 1.96 bits per heavy atom. The third kappa shape index (κ3) is 5.46. The van der Waals surface area contributed by atoms with Gasteiger partial charge in [0, 0.05) is 21.7 Å². The van der Waals surface area contributed by atoms with E-state index in [4.69, 9.17) is 16.3 Å². The second kappa shape index (κ2) is 9.60. The molecule has 1 aromatic heterocycles. The van der Waals surface area contributed by atoms with Gasteiger partial charge in [0.1, 0.15) is 5.82 Å². The third-order valence-electron chi connectivity index (χ3n) is 3.46. The molecule has 24 heavy (non-hydrogen) atoms. The fourth-order valence-corrected chi connectivity index (χ4v) is 3.53. The van der Waals surface area contributed by atoms with Crippen LogP contribution in [-0.2, 0) is 9.53 Å². The van der Waals surface area contributed by atoms with Crippen molar-refractivity contribution in [3.05, 3.63) is 53.2 Å². The zero-order valence-corrected chi connectivity index (χ0v) is 15.1. The van der Waals surface area contributed by atoms with E-state index >= 15 is 0 Å². The van der Waals surface area contributed by atoms with Crippen LogP contribution in [-0.4, -0.2) is 18.5 Å². The molecule has 2 aromatic rings. The molecule has 128 valence electrons. The lowest BCUT2D eigenvalue weighted by atomic mass is 10.1. The normalized spacial score (nSPS) is 11.5. The van der Waals surface area contributed by atoms with Crippen molar-refractivity contribution in [1.29, 1.82) is 0 Å². The minimum Gasteiger partial charge on any atom is -0.463 e. The van der Waals surface area contributed by atoms with Crippen LogP contribution in [0.3, 0.4) is 0 Å². The van der Waals surface area contributed by atoms with Gasteiger partial charge in [-0.25, -0.2) is 9.18 Å². The standard InChI is InChI=1S/C19H20ClFO2S/c1-2-23-19(22)13-15(5-3-4-12-20)18-11-10-17(24-18)14-6-8-16(21)9-7-14/h6-11,13H,2-5,12H2,1H3/b15-13-. The summed E-state index contributed by atoms with van der Waals surface area (Å²) in [4.78, 5) is 13.9. The van der Waals surface area contributed by atoms with Crippen molar-refractivity contribution in [2.75, 3.05) is 12.5 Å². The molecule has 1 heterocycles. The molecule has 0 radical (unpaired) electrons. The van der Waals surface area contributed by atoms with Crippen molar-refractivity contribution in [1.82, 2.24) is 0 Å². The Labute approximate surface area is 150 Å². The van der Waals surface area contributed by atoms with Crippen LogP contribution in [0.4, 0.5) is 4.39 Å². The van der Waals surface area contributed by atoms with Crippen LogP contribution in [0, 0.1) is 5.82 Å². The van der Waals surface area contributed by atoms with E-state index in [0.717, 1.165) is 40.2 Å². The Morgan fingerprint density at radius 1 is 1.21 bits per heavy atom. The molecule has 1 aromatic carbocycles. The molecular weight excluding hydrogens is 347 g/mol. The van der Waals surface area contributed by atoms with E-state index in [2.05, 4.69) is 0 Å². The van der Waals surface area contributed by atoms with Gasteiger partial charge in [0.05, 0.1) is 6.61 Å². The number of rotatable bonds is 8. The van der Waals surface area contributed by atoms with Crippen molar-refractivity contribution in [2.45, 2.75) is 26.2 Å². The Hall–Kier alpha value is -1.65. The SMILES string of the molecule is CCOC(=O)/C=C(/CCCCCl)c1ccc(-c2ccc(F)cc2)s1. The summed E-state index contributed by atoms with van der Waals surface area (Å²) in [5.41, 5.74) is 1.92. The summed E-state index contributed by atoms with van der Waals surface area (Å²) in [6, 6.07) is 10.4. The maximum atomic E-state index is 13.1. The number of thiophene rings is 1. The summed E-state index contributed by atoms with van der Waals surface area (Å²) in [7, 11) is 0. The van der Waals surface area contributed by atoms with Gasteiger partial charge in [0.15, 0.2) is 0 Å². The average molecular weight is 367 g/mol. The molecule has 0 aliphatic carbocycles. The number of allylic oxidation sites excluding steroid dienone is 1. The molecule has 5 heteroatoms. The van der Waals surface area contributed by atoms with Crippen LogP contribution in [0.5, 0.6) is 0 Å². The highest BCUT2D eigenvalue weighted by atomic mass is 35.5. The molecule has 0 amide bonds. The van der Waals surface area contributed by atoms with Crippen molar-refractivity contribution in [3.8, 4) is 10.4 Å². The number of hydrogen-bond donors (Lipinski definition) is 0. The van der Waals surface area contributed by atoms with E-state index in [0.29, 0.717) is 12.5 Å². The Morgan fingerprint density at radius 3 is 2.62 bits per heavy atom. The van der Waals surface area contributed by atoms with Crippen LogP contribution in [0.15, 0.2) is 42.5 Å². The first-order valence-electron chi connectivity index (χ1n) is 7.93. The third-order valence-corrected chi connectivity index (χ3v) is 4.94. The number of carbonyl (C=O) groups is 1. The molecule has 0 fully saturated rings. The molecule has 0 spiro atoms. The maximum Gasteiger partial charge on any atom is 0.331 e. The minimum atomic E-state index is -0.324. The van der Waals surface area contributed by atoms with Crippen LogP contribution in [0.1, 0.15) is 31.1 Å². The van der Waals surface area contributed by atoms with E-state index < -0.39 is 0 Å². The first-order valence-corrected chi connectivity index (χ1v) is 9.28. The minimum absolute atomic E-state index is 0.250. The maximum absolute atomic E-state index is 13.1. The van der Waals surface area contributed by atoms with Crippen molar-refractivity contribution in [2.24, 2.45) is 0 Å². The first kappa shape index (κ1) is 18.7. The van der Waals surface area contributed by atoms with Gasteiger partial charge in [0.25, 0.3) is 0 Å². The summed E-state index contributed by atoms with van der Waals surface area (Å²) < 4.78 is 18.1. The highest BCUT2D eigenvalue weighted by Gasteiger charge is 2.10. The van der Waals surface area contributed by atoms with E-state index in [1.165, 1.54) is 12.1 Å². The zero-order valence-electron chi connectivity index (χ0n) is 13.6. The van der Waals surface area contributed by atoms with Crippen molar-refractivity contribution in [3.63, 3.8) is 0 Å². The number of halogens is 2. The number of alkyl halides is 1.